The Morgan fingerprint density at radius 2 is 1.93 bits per heavy atom. The van der Waals surface area contributed by atoms with Gasteiger partial charge in [0.1, 0.15) is 17.1 Å². The van der Waals surface area contributed by atoms with Crippen molar-refractivity contribution >= 4 is 22.4 Å². The smallest absolute Gasteiger partial charge is 0.197 e. The number of anilines is 1. The largest absolute Gasteiger partial charge is 0.494 e. The Balaban J connectivity index is 1.93. The second-order valence-corrected chi connectivity index (χ2v) is 6.54. The summed E-state index contributed by atoms with van der Waals surface area (Å²) in [5, 5.41) is 9.58. The monoisotopic (exact) mass is 367 g/mol. The first-order chi connectivity index (χ1) is 13.1. The van der Waals surface area contributed by atoms with E-state index in [1.54, 1.807) is 36.4 Å². The van der Waals surface area contributed by atoms with Crippen molar-refractivity contribution in [2.45, 2.75) is 32.6 Å². The molecule has 0 saturated heterocycles. The number of rotatable bonds is 9. The van der Waals surface area contributed by atoms with E-state index in [2.05, 4.69) is 6.92 Å². The zero-order valence-corrected chi connectivity index (χ0v) is 15.5. The first kappa shape index (κ1) is 19.0. The first-order valence-corrected chi connectivity index (χ1v) is 9.33. The van der Waals surface area contributed by atoms with E-state index in [0.29, 0.717) is 53.4 Å². The molecule has 27 heavy (non-hydrogen) atoms. The lowest BCUT2D eigenvalue weighted by molar-refractivity contribution is 0.103. The maximum atomic E-state index is 13.2. The number of nitrogens with two attached hydrogens (primary N) is 1. The number of ketones is 1. The molecule has 3 rings (SSSR count). The van der Waals surface area contributed by atoms with Gasteiger partial charge in [0.25, 0.3) is 0 Å². The second kappa shape index (κ2) is 8.73. The summed E-state index contributed by atoms with van der Waals surface area (Å²) in [6.07, 6.45) is 3.26. The molecule has 0 aliphatic rings. The summed E-state index contributed by atoms with van der Waals surface area (Å²) in [6, 6.07) is 12.4. The van der Waals surface area contributed by atoms with Gasteiger partial charge in [-0.3, -0.25) is 4.79 Å². The van der Waals surface area contributed by atoms with Crippen molar-refractivity contribution in [3.8, 4) is 5.75 Å². The highest BCUT2D eigenvalue weighted by Crippen LogP contribution is 2.31. The van der Waals surface area contributed by atoms with E-state index >= 15 is 0 Å². The minimum atomic E-state index is -0.0765. The number of hydrogen-bond donors (Lipinski definition) is 2. The van der Waals surface area contributed by atoms with E-state index < -0.39 is 0 Å². The van der Waals surface area contributed by atoms with Crippen LogP contribution in [0.1, 0.15) is 47.9 Å². The fourth-order valence-electron chi connectivity index (χ4n) is 3.03. The third kappa shape index (κ3) is 4.31. The standard InChI is InChI=1S/C22H25NO4/c1-2-3-5-20-21(18-14-16(23)8-11-19(18)27-20)22(25)15-6-9-17(10-7-15)26-13-4-12-24/h6-11,14,24H,2-5,12-13,23H2,1H3. The Morgan fingerprint density at radius 1 is 1.15 bits per heavy atom. The highest BCUT2D eigenvalue weighted by molar-refractivity contribution is 6.17. The minimum absolute atomic E-state index is 0.0765. The van der Waals surface area contributed by atoms with Gasteiger partial charge in [0, 0.05) is 36.1 Å². The van der Waals surface area contributed by atoms with Crippen LogP contribution in [0.5, 0.6) is 5.75 Å². The number of hydrogen-bond acceptors (Lipinski definition) is 5. The molecule has 0 aliphatic heterocycles. The summed E-state index contributed by atoms with van der Waals surface area (Å²) in [5.74, 6) is 1.31. The summed E-state index contributed by atoms with van der Waals surface area (Å²) in [5.41, 5.74) is 8.39. The van der Waals surface area contributed by atoms with Crippen LogP contribution in [0.3, 0.4) is 0 Å². The molecule has 1 heterocycles. The second-order valence-electron chi connectivity index (χ2n) is 6.54. The summed E-state index contributed by atoms with van der Waals surface area (Å²) in [4.78, 5) is 13.2. The Kier molecular flexibility index (Phi) is 6.14. The lowest BCUT2D eigenvalue weighted by Gasteiger charge is -2.07. The molecule has 2 aromatic carbocycles. The van der Waals surface area contributed by atoms with Crippen LogP contribution in [-0.4, -0.2) is 24.1 Å². The van der Waals surface area contributed by atoms with Gasteiger partial charge in [-0.2, -0.15) is 0 Å². The van der Waals surface area contributed by atoms with Crippen molar-refractivity contribution in [3.63, 3.8) is 0 Å². The Bertz CT molecular complexity index is 912. The maximum absolute atomic E-state index is 13.2. The molecule has 0 amide bonds. The van der Waals surface area contributed by atoms with Crippen molar-refractivity contribution in [1.29, 1.82) is 0 Å². The molecule has 0 bridgehead atoms. The third-order valence-corrected chi connectivity index (χ3v) is 4.46. The predicted octanol–water partition coefficient (Wildman–Crippen LogP) is 4.35. The fraction of sp³-hybridized carbons (Fsp3) is 0.318. The number of carbonyl (C=O) groups is 1. The van der Waals surface area contributed by atoms with E-state index in [1.807, 2.05) is 6.07 Å². The van der Waals surface area contributed by atoms with Crippen LogP contribution in [-0.2, 0) is 6.42 Å². The number of ether oxygens (including phenoxy) is 1. The van der Waals surface area contributed by atoms with Gasteiger partial charge in [-0.1, -0.05) is 13.3 Å². The number of nitrogen functional groups attached to an aromatic ring is 1. The van der Waals surface area contributed by atoms with Gasteiger partial charge in [0.2, 0.25) is 0 Å². The summed E-state index contributed by atoms with van der Waals surface area (Å²) >= 11 is 0. The van der Waals surface area contributed by atoms with E-state index in [4.69, 9.17) is 20.0 Å². The third-order valence-electron chi connectivity index (χ3n) is 4.46. The zero-order valence-electron chi connectivity index (χ0n) is 15.5. The topological polar surface area (TPSA) is 85.7 Å². The Labute approximate surface area is 158 Å². The summed E-state index contributed by atoms with van der Waals surface area (Å²) in [7, 11) is 0. The number of unbranched alkanes of at least 4 members (excludes halogenated alkanes) is 1. The Hall–Kier alpha value is -2.79. The minimum Gasteiger partial charge on any atom is -0.494 e. The number of aryl methyl sites for hydroxylation is 1. The number of benzene rings is 2. The molecule has 0 unspecified atom stereocenters. The maximum Gasteiger partial charge on any atom is 0.197 e. The molecule has 0 radical (unpaired) electrons. The zero-order chi connectivity index (χ0) is 19.2. The van der Waals surface area contributed by atoms with Crippen molar-refractivity contribution in [2.75, 3.05) is 18.9 Å². The van der Waals surface area contributed by atoms with Crippen LogP contribution in [0.15, 0.2) is 46.9 Å². The number of aliphatic hydroxyl groups excluding tert-OH is 1. The van der Waals surface area contributed by atoms with Crippen LogP contribution in [0.2, 0.25) is 0 Å². The van der Waals surface area contributed by atoms with E-state index in [0.717, 1.165) is 18.2 Å². The van der Waals surface area contributed by atoms with Crippen LogP contribution in [0, 0.1) is 0 Å². The molecule has 0 fully saturated rings. The van der Waals surface area contributed by atoms with E-state index in [9.17, 15) is 4.79 Å². The van der Waals surface area contributed by atoms with Gasteiger partial charge >= 0.3 is 0 Å². The van der Waals surface area contributed by atoms with Crippen molar-refractivity contribution in [3.05, 3.63) is 59.4 Å². The molecule has 3 aromatic rings. The van der Waals surface area contributed by atoms with Gasteiger partial charge < -0.3 is 20.0 Å². The number of furan rings is 1. The normalized spacial score (nSPS) is 11.0. The van der Waals surface area contributed by atoms with Crippen LogP contribution < -0.4 is 10.5 Å². The number of fused-ring (bicyclic) bond motifs is 1. The molecule has 0 saturated carbocycles. The molecule has 3 N–H and O–H groups in total. The summed E-state index contributed by atoms with van der Waals surface area (Å²) in [6.45, 7) is 2.64. The molecular weight excluding hydrogens is 342 g/mol. The van der Waals surface area contributed by atoms with E-state index in [1.165, 1.54) is 0 Å². The SMILES string of the molecule is CCCCc1oc2ccc(N)cc2c1C(=O)c1ccc(OCCCO)cc1. The van der Waals surface area contributed by atoms with Crippen LogP contribution in [0.25, 0.3) is 11.0 Å². The van der Waals surface area contributed by atoms with Crippen molar-refractivity contribution in [2.24, 2.45) is 0 Å². The molecule has 0 aliphatic carbocycles. The van der Waals surface area contributed by atoms with E-state index in [-0.39, 0.29) is 12.4 Å². The average Bonchev–Trinajstić information content (AvgIpc) is 3.04. The van der Waals surface area contributed by atoms with Gasteiger partial charge in [-0.05, 0) is 48.9 Å². The van der Waals surface area contributed by atoms with Gasteiger partial charge in [-0.15, -0.1) is 0 Å². The fourth-order valence-corrected chi connectivity index (χ4v) is 3.03. The predicted molar refractivity (Wildman–Crippen MR) is 106 cm³/mol. The quantitative estimate of drug-likeness (QED) is 0.334. The van der Waals surface area contributed by atoms with Crippen molar-refractivity contribution < 1.29 is 19.1 Å². The molecule has 1 aromatic heterocycles. The average molecular weight is 367 g/mol. The highest BCUT2D eigenvalue weighted by Gasteiger charge is 2.22. The van der Waals surface area contributed by atoms with Gasteiger partial charge in [0.15, 0.2) is 5.78 Å². The molecular formula is C22H25NO4. The first-order valence-electron chi connectivity index (χ1n) is 9.33. The van der Waals surface area contributed by atoms with Gasteiger partial charge in [-0.25, -0.2) is 0 Å². The number of carbonyl (C=O) groups excluding carboxylic acids is 1. The van der Waals surface area contributed by atoms with Crippen molar-refractivity contribution in [1.82, 2.24) is 0 Å². The molecule has 142 valence electrons. The molecule has 5 nitrogen and oxygen atoms in total. The highest BCUT2D eigenvalue weighted by atomic mass is 16.5. The molecule has 5 heteroatoms. The summed E-state index contributed by atoms with van der Waals surface area (Å²) < 4.78 is 11.5. The lowest BCUT2D eigenvalue weighted by Crippen LogP contribution is -2.05. The van der Waals surface area contributed by atoms with Crippen LogP contribution >= 0.6 is 0 Å². The molecule has 0 spiro atoms. The number of aliphatic hydroxyl groups is 1. The van der Waals surface area contributed by atoms with Gasteiger partial charge in [0.05, 0.1) is 12.2 Å². The molecule has 0 atom stereocenters. The van der Waals surface area contributed by atoms with Crippen LogP contribution in [0.4, 0.5) is 5.69 Å². The lowest BCUT2D eigenvalue weighted by atomic mass is 9.98. The Morgan fingerprint density at radius 3 is 2.63 bits per heavy atom.